The molecule has 0 aromatic carbocycles. The van der Waals surface area contributed by atoms with Gasteiger partial charge in [-0.25, -0.2) is 4.98 Å². The Morgan fingerprint density at radius 1 is 0.938 bits per heavy atom. The zero-order valence-corrected chi connectivity index (χ0v) is 11.0. The molecule has 1 heterocycles. The lowest BCUT2D eigenvalue weighted by atomic mass is 10.2. The molecule has 92 valence electrons. The highest BCUT2D eigenvalue weighted by Crippen LogP contribution is 2.07. The van der Waals surface area contributed by atoms with E-state index in [0.29, 0.717) is 0 Å². The maximum Gasteiger partial charge on any atom is 0.150 e. The van der Waals surface area contributed by atoms with E-state index in [9.17, 15) is 0 Å². The SMILES string of the molecule is CCCCCc1nc(CCCCC)n(C)n1. The van der Waals surface area contributed by atoms with Crippen LogP contribution in [0.2, 0.25) is 0 Å². The second-order valence-corrected chi connectivity index (χ2v) is 4.48. The number of hydrogen-bond acceptors (Lipinski definition) is 2. The first kappa shape index (κ1) is 13.2. The van der Waals surface area contributed by atoms with Crippen LogP contribution in [0.4, 0.5) is 0 Å². The third-order valence-electron chi connectivity index (χ3n) is 2.90. The predicted octanol–water partition coefficient (Wildman–Crippen LogP) is 3.28. The van der Waals surface area contributed by atoms with Crippen LogP contribution in [0, 0.1) is 0 Å². The Hall–Kier alpha value is -0.860. The van der Waals surface area contributed by atoms with Gasteiger partial charge in [0.25, 0.3) is 0 Å². The molecule has 1 rings (SSSR count). The summed E-state index contributed by atoms with van der Waals surface area (Å²) in [5, 5.41) is 4.47. The molecule has 0 aliphatic carbocycles. The van der Waals surface area contributed by atoms with Crippen molar-refractivity contribution in [1.29, 1.82) is 0 Å². The molecule has 0 amide bonds. The highest BCUT2D eigenvalue weighted by Gasteiger charge is 2.06. The third kappa shape index (κ3) is 4.33. The lowest BCUT2D eigenvalue weighted by Crippen LogP contribution is -1.99. The molecule has 0 saturated carbocycles. The number of nitrogens with zero attached hydrogens (tertiary/aromatic N) is 3. The van der Waals surface area contributed by atoms with Crippen molar-refractivity contribution in [3.63, 3.8) is 0 Å². The van der Waals surface area contributed by atoms with Gasteiger partial charge < -0.3 is 0 Å². The van der Waals surface area contributed by atoms with Crippen LogP contribution in [0.1, 0.15) is 64.0 Å². The second kappa shape index (κ2) is 7.42. The van der Waals surface area contributed by atoms with Gasteiger partial charge in [-0.15, -0.1) is 0 Å². The quantitative estimate of drug-likeness (QED) is 0.633. The Balaban J connectivity index is 2.39. The minimum Gasteiger partial charge on any atom is -0.253 e. The van der Waals surface area contributed by atoms with E-state index in [1.807, 2.05) is 11.7 Å². The van der Waals surface area contributed by atoms with Crippen molar-refractivity contribution in [2.24, 2.45) is 7.05 Å². The van der Waals surface area contributed by atoms with Crippen LogP contribution in [0.3, 0.4) is 0 Å². The Morgan fingerprint density at radius 2 is 1.56 bits per heavy atom. The van der Waals surface area contributed by atoms with Crippen LogP contribution in [0.15, 0.2) is 0 Å². The van der Waals surface area contributed by atoms with Crippen molar-refractivity contribution < 1.29 is 0 Å². The van der Waals surface area contributed by atoms with Crippen molar-refractivity contribution in [3.8, 4) is 0 Å². The molecule has 0 spiro atoms. The topological polar surface area (TPSA) is 30.7 Å². The lowest BCUT2D eigenvalue weighted by molar-refractivity contribution is 0.638. The van der Waals surface area contributed by atoms with Crippen LogP contribution < -0.4 is 0 Å². The monoisotopic (exact) mass is 223 g/mol. The van der Waals surface area contributed by atoms with Crippen molar-refractivity contribution in [3.05, 3.63) is 11.6 Å². The second-order valence-electron chi connectivity index (χ2n) is 4.48. The van der Waals surface area contributed by atoms with E-state index in [2.05, 4.69) is 23.9 Å². The first-order valence-electron chi connectivity index (χ1n) is 6.66. The molecule has 0 aliphatic heterocycles. The molecule has 0 fully saturated rings. The first-order valence-corrected chi connectivity index (χ1v) is 6.66. The van der Waals surface area contributed by atoms with E-state index in [0.717, 1.165) is 24.5 Å². The van der Waals surface area contributed by atoms with Gasteiger partial charge in [-0.1, -0.05) is 39.5 Å². The lowest BCUT2D eigenvalue weighted by Gasteiger charge is -1.97. The molecule has 0 saturated heterocycles. The molecular weight excluding hydrogens is 198 g/mol. The van der Waals surface area contributed by atoms with Crippen LogP contribution in [0.25, 0.3) is 0 Å². The normalized spacial score (nSPS) is 10.9. The zero-order chi connectivity index (χ0) is 11.8. The average Bonchev–Trinajstić information content (AvgIpc) is 2.61. The standard InChI is InChI=1S/C13H25N3/c1-4-6-8-10-12-14-13(16(3)15-12)11-9-7-5-2/h4-11H2,1-3H3. The van der Waals surface area contributed by atoms with Crippen LogP contribution in [-0.2, 0) is 19.9 Å². The third-order valence-corrected chi connectivity index (χ3v) is 2.90. The van der Waals surface area contributed by atoms with Crippen molar-refractivity contribution in [2.75, 3.05) is 0 Å². The summed E-state index contributed by atoms with van der Waals surface area (Å²) in [5.41, 5.74) is 0. The van der Waals surface area contributed by atoms with Crippen molar-refractivity contribution >= 4 is 0 Å². The van der Waals surface area contributed by atoms with Gasteiger partial charge in [0.15, 0.2) is 5.82 Å². The zero-order valence-electron chi connectivity index (χ0n) is 11.0. The van der Waals surface area contributed by atoms with E-state index < -0.39 is 0 Å². The Bertz CT molecular complexity index is 291. The van der Waals surface area contributed by atoms with Gasteiger partial charge in [-0.2, -0.15) is 5.10 Å². The summed E-state index contributed by atoms with van der Waals surface area (Å²) in [6.45, 7) is 4.45. The Labute approximate surface area is 99.3 Å². The molecule has 3 heteroatoms. The molecule has 3 nitrogen and oxygen atoms in total. The van der Waals surface area contributed by atoms with Gasteiger partial charge in [0, 0.05) is 19.9 Å². The Morgan fingerprint density at radius 3 is 2.19 bits per heavy atom. The smallest absolute Gasteiger partial charge is 0.150 e. The first-order chi connectivity index (χ1) is 7.77. The molecule has 0 unspecified atom stereocenters. The Kier molecular flexibility index (Phi) is 6.12. The fourth-order valence-electron chi connectivity index (χ4n) is 1.86. The van der Waals surface area contributed by atoms with Crippen LogP contribution in [-0.4, -0.2) is 14.8 Å². The van der Waals surface area contributed by atoms with E-state index in [1.165, 1.54) is 38.5 Å². The summed E-state index contributed by atoms with van der Waals surface area (Å²) in [6.07, 6.45) is 9.66. The van der Waals surface area contributed by atoms with Crippen LogP contribution >= 0.6 is 0 Å². The maximum absolute atomic E-state index is 4.61. The number of aromatic nitrogens is 3. The van der Waals surface area contributed by atoms with Gasteiger partial charge in [-0.05, 0) is 12.8 Å². The summed E-state index contributed by atoms with van der Waals surface area (Å²) >= 11 is 0. The minimum absolute atomic E-state index is 1.03. The highest BCUT2D eigenvalue weighted by molar-refractivity contribution is 4.93. The molecular formula is C13H25N3. The van der Waals surface area contributed by atoms with Gasteiger partial charge in [0.1, 0.15) is 5.82 Å². The van der Waals surface area contributed by atoms with Crippen molar-refractivity contribution in [2.45, 2.75) is 65.2 Å². The highest BCUT2D eigenvalue weighted by atomic mass is 15.3. The number of unbranched alkanes of at least 4 members (excludes halogenated alkanes) is 4. The molecule has 0 atom stereocenters. The largest absolute Gasteiger partial charge is 0.253 e. The average molecular weight is 223 g/mol. The van der Waals surface area contributed by atoms with Gasteiger partial charge in [0.05, 0.1) is 0 Å². The minimum atomic E-state index is 1.03. The molecule has 1 aromatic rings. The number of aryl methyl sites for hydroxylation is 3. The van der Waals surface area contributed by atoms with E-state index in [4.69, 9.17) is 0 Å². The molecule has 0 aliphatic rings. The summed E-state index contributed by atoms with van der Waals surface area (Å²) in [6, 6.07) is 0. The number of rotatable bonds is 8. The molecule has 16 heavy (non-hydrogen) atoms. The van der Waals surface area contributed by atoms with E-state index >= 15 is 0 Å². The van der Waals surface area contributed by atoms with Gasteiger partial charge in [0.2, 0.25) is 0 Å². The summed E-state index contributed by atoms with van der Waals surface area (Å²) in [4.78, 5) is 4.61. The van der Waals surface area contributed by atoms with Gasteiger partial charge >= 0.3 is 0 Å². The molecule has 0 bridgehead atoms. The number of hydrogen-bond donors (Lipinski definition) is 0. The van der Waals surface area contributed by atoms with Crippen LogP contribution in [0.5, 0.6) is 0 Å². The van der Waals surface area contributed by atoms with Gasteiger partial charge in [-0.3, -0.25) is 4.68 Å². The maximum atomic E-state index is 4.61. The molecule has 1 aromatic heterocycles. The fourth-order valence-corrected chi connectivity index (χ4v) is 1.86. The predicted molar refractivity (Wildman–Crippen MR) is 67.5 cm³/mol. The molecule has 0 radical (unpaired) electrons. The summed E-state index contributed by atoms with van der Waals surface area (Å²) in [5.74, 6) is 2.18. The van der Waals surface area contributed by atoms with E-state index in [-0.39, 0.29) is 0 Å². The summed E-state index contributed by atoms with van der Waals surface area (Å²) < 4.78 is 1.96. The van der Waals surface area contributed by atoms with E-state index in [1.54, 1.807) is 0 Å². The summed E-state index contributed by atoms with van der Waals surface area (Å²) in [7, 11) is 2.01. The van der Waals surface area contributed by atoms with Crippen molar-refractivity contribution in [1.82, 2.24) is 14.8 Å². The molecule has 0 N–H and O–H groups in total. The fraction of sp³-hybridized carbons (Fsp3) is 0.846.